The van der Waals surface area contributed by atoms with Gasteiger partial charge in [0, 0.05) is 12.3 Å². The number of hydrogen-bond donors (Lipinski definition) is 3. The van der Waals surface area contributed by atoms with Crippen molar-refractivity contribution in [2.75, 3.05) is 0 Å². The van der Waals surface area contributed by atoms with Gasteiger partial charge in [0.15, 0.2) is 12.1 Å². The molecule has 9 unspecified atom stereocenters. The lowest BCUT2D eigenvalue weighted by molar-refractivity contribution is -0.160. The zero-order valence-corrected chi connectivity index (χ0v) is 20.5. The van der Waals surface area contributed by atoms with Gasteiger partial charge in [-0.1, -0.05) is 31.2 Å². The fraction of sp³-hybridized carbons (Fsp3) is 0.643. The summed E-state index contributed by atoms with van der Waals surface area (Å²) in [6, 6.07) is 6.32. The minimum atomic E-state index is -1.94. The Bertz CT molecular complexity index is 1060. The van der Waals surface area contributed by atoms with Crippen molar-refractivity contribution in [3.05, 3.63) is 47.0 Å². The third-order valence-corrected chi connectivity index (χ3v) is 9.91. The van der Waals surface area contributed by atoms with Crippen LogP contribution in [0.2, 0.25) is 0 Å². The maximum atomic E-state index is 13.1. The number of ether oxygens (including phenoxy) is 1. The topological polar surface area (TPSA) is 107 Å². The number of benzene rings is 1. The molecule has 5 rings (SSSR count). The molecule has 4 aliphatic rings. The second-order valence-corrected chi connectivity index (χ2v) is 11.7. The van der Waals surface area contributed by atoms with E-state index < -0.39 is 22.7 Å². The number of carbonyl (C=O) groups excluding carboxylic acids is 2. The van der Waals surface area contributed by atoms with Gasteiger partial charge in [0.1, 0.15) is 11.2 Å². The summed E-state index contributed by atoms with van der Waals surface area (Å²) in [5.74, 6) is 0.449. The number of rotatable bonds is 6. The highest BCUT2D eigenvalue weighted by atomic mass is 16.6. The zero-order chi connectivity index (χ0) is 24.7. The molecule has 1 spiro atoms. The maximum Gasteiger partial charge on any atom is 0.164 e. The lowest BCUT2D eigenvalue weighted by atomic mass is 9.49. The lowest BCUT2D eigenvalue weighted by Gasteiger charge is -2.51. The number of fused-ring (bicyclic) bond motifs is 4. The van der Waals surface area contributed by atoms with Crippen LogP contribution in [0, 0.1) is 11.3 Å². The second-order valence-electron chi connectivity index (χ2n) is 11.7. The van der Waals surface area contributed by atoms with Gasteiger partial charge in [0.25, 0.3) is 0 Å². The molecule has 6 nitrogen and oxygen atoms in total. The Morgan fingerprint density at radius 1 is 1.29 bits per heavy atom. The molecule has 6 heteroatoms. The van der Waals surface area contributed by atoms with E-state index in [0.29, 0.717) is 6.29 Å². The molecule has 184 valence electrons. The van der Waals surface area contributed by atoms with Crippen molar-refractivity contribution in [2.24, 2.45) is 11.3 Å². The van der Waals surface area contributed by atoms with Gasteiger partial charge in [-0.2, -0.15) is 0 Å². The molecule has 1 heterocycles. The molecule has 1 saturated carbocycles. The highest BCUT2D eigenvalue weighted by Gasteiger charge is 2.75. The van der Waals surface area contributed by atoms with E-state index in [2.05, 4.69) is 19.1 Å². The molecule has 1 aromatic rings. The summed E-state index contributed by atoms with van der Waals surface area (Å²) >= 11 is 0. The van der Waals surface area contributed by atoms with Crippen LogP contribution in [0.15, 0.2) is 30.4 Å². The highest BCUT2D eigenvalue weighted by Crippen LogP contribution is 2.69. The average Bonchev–Trinajstić information content (AvgIpc) is 3.51. The van der Waals surface area contributed by atoms with Crippen LogP contribution in [0.25, 0.3) is 0 Å². The van der Waals surface area contributed by atoms with Gasteiger partial charge in [-0.05, 0) is 81.1 Å². The van der Waals surface area contributed by atoms with E-state index in [1.54, 1.807) is 6.08 Å². The minimum absolute atomic E-state index is 0.128. The number of aryl methyl sites for hydroxylation is 1. The number of epoxide rings is 1. The third kappa shape index (κ3) is 3.15. The van der Waals surface area contributed by atoms with Crippen molar-refractivity contribution in [1.29, 1.82) is 0 Å². The molecular formula is C28H36O6. The monoisotopic (exact) mass is 468 g/mol. The van der Waals surface area contributed by atoms with Gasteiger partial charge >= 0.3 is 0 Å². The first-order valence-corrected chi connectivity index (χ1v) is 12.5. The van der Waals surface area contributed by atoms with Gasteiger partial charge in [0.2, 0.25) is 0 Å². The largest absolute Gasteiger partial charge is 0.392 e. The van der Waals surface area contributed by atoms with Crippen LogP contribution in [0.4, 0.5) is 0 Å². The van der Waals surface area contributed by atoms with E-state index in [-0.39, 0.29) is 41.7 Å². The summed E-state index contributed by atoms with van der Waals surface area (Å²) in [7, 11) is 0. The molecule has 0 aromatic heterocycles. The number of aliphatic hydroxyl groups excluding tert-OH is 1. The van der Waals surface area contributed by atoms with Gasteiger partial charge in [-0.3, -0.25) is 4.79 Å². The molecule has 1 aliphatic heterocycles. The number of aldehydes is 1. The van der Waals surface area contributed by atoms with Crippen molar-refractivity contribution >= 4 is 12.1 Å². The van der Waals surface area contributed by atoms with Crippen molar-refractivity contribution in [3.8, 4) is 0 Å². The summed E-state index contributed by atoms with van der Waals surface area (Å²) in [4.78, 5) is 24.3. The van der Waals surface area contributed by atoms with Crippen LogP contribution in [-0.4, -0.2) is 56.4 Å². The van der Waals surface area contributed by atoms with Crippen LogP contribution >= 0.6 is 0 Å². The van der Waals surface area contributed by atoms with E-state index in [1.807, 2.05) is 19.1 Å². The molecule has 3 N–H and O–H groups in total. The fourth-order valence-electron chi connectivity index (χ4n) is 7.09. The van der Waals surface area contributed by atoms with Crippen LogP contribution in [0.3, 0.4) is 0 Å². The molecule has 0 amide bonds. The van der Waals surface area contributed by atoms with E-state index >= 15 is 0 Å². The van der Waals surface area contributed by atoms with Gasteiger partial charge in [0.05, 0.1) is 23.2 Å². The lowest BCUT2D eigenvalue weighted by Crippen LogP contribution is -2.56. The molecule has 3 aliphatic carbocycles. The third-order valence-electron chi connectivity index (χ3n) is 9.91. The Morgan fingerprint density at radius 3 is 2.74 bits per heavy atom. The van der Waals surface area contributed by atoms with E-state index in [4.69, 9.17) is 4.74 Å². The SMILES string of the molecule is CC(c1ccc2c(c1)CCC1C2CC2OC23CC=CC(=O)C13C)C(O)CC(C)(O)C(C)(O)C=O. The van der Waals surface area contributed by atoms with Gasteiger partial charge < -0.3 is 24.9 Å². The first-order chi connectivity index (χ1) is 15.9. The van der Waals surface area contributed by atoms with E-state index in [0.717, 1.165) is 31.2 Å². The predicted molar refractivity (Wildman–Crippen MR) is 126 cm³/mol. The second kappa shape index (κ2) is 7.57. The van der Waals surface area contributed by atoms with Gasteiger partial charge in [-0.15, -0.1) is 0 Å². The normalized spacial score (nSPS) is 38.8. The van der Waals surface area contributed by atoms with E-state index in [1.165, 1.54) is 25.0 Å². The predicted octanol–water partition coefficient (Wildman–Crippen LogP) is 2.96. The molecule has 0 radical (unpaired) electrons. The zero-order valence-electron chi connectivity index (χ0n) is 20.5. The molecule has 1 aromatic carbocycles. The fourth-order valence-corrected chi connectivity index (χ4v) is 7.09. The van der Waals surface area contributed by atoms with Crippen LogP contribution in [0.1, 0.15) is 81.9 Å². The molecule has 1 saturated heterocycles. The van der Waals surface area contributed by atoms with E-state index in [9.17, 15) is 24.9 Å². The van der Waals surface area contributed by atoms with Crippen molar-refractivity contribution in [3.63, 3.8) is 0 Å². The maximum absolute atomic E-state index is 13.1. The summed E-state index contributed by atoms with van der Waals surface area (Å²) in [6.07, 6.45) is 6.69. The van der Waals surface area contributed by atoms with Crippen molar-refractivity contribution in [2.45, 2.75) is 101 Å². The molecule has 0 bridgehead atoms. The molecule has 2 fully saturated rings. The summed E-state index contributed by atoms with van der Waals surface area (Å²) in [5, 5.41) is 31.7. The van der Waals surface area contributed by atoms with Crippen LogP contribution < -0.4 is 0 Å². The summed E-state index contributed by atoms with van der Waals surface area (Å²) < 4.78 is 6.25. The van der Waals surface area contributed by atoms with Crippen molar-refractivity contribution in [1.82, 2.24) is 0 Å². The number of ketones is 1. The minimum Gasteiger partial charge on any atom is -0.392 e. The first kappa shape index (κ1) is 23.9. The summed E-state index contributed by atoms with van der Waals surface area (Å²) in [6.45, 7) is 6.64. The molecule has 34 heavy (non-hydrogen) atoms. The Morgan fingerprint density at radius 2 is 2.03 bits per heavy atom. The standard InChI is InChI=1S/C28H36O6/c1-16(22(30)14-25(2,32)26(3,33)15-29)17-7-9-19-18(12-17)8-10-21-20(19)13-24-28(34-24)11-5-6-23(31)27(21,28)4/h5-7,9,12,15-16,20-22,24,30,32-33H,8,10-11,13-14H2,1-4H3. The number of allylic oxidation sites excluding steroid dienone is 1. The number of carbonyl (C=O) groups is 2. The van der Waals surface area contributed by atoms with Crippen LogP contribution in [0.5, 0.6) is 0 Å². The number of hydrogen-bond acceptors (Lipinski definition) is 6. The first-order valence-electron chi connectivity index (χ1n) is 12.5. The van der Waals surface area contributed by atoms with Gasteiger partial charge in [-0.25, -0.2) is 0 Å². The molecule has 9 atom stereocenters. The Labute approximate surface area is 201 Å². The quantitative estimate of drug-likeness (QED) is 0.438. The Kier molecular flexibility index (Phi) is 5.31. The van der Waals surface area contributed by atoms with Crippen LogP contribution in [-0.2, 0) is 20.7 Å². The number of aliphatic hydroxyl groups is 3. The molecular weight excluding hydrogens is 432 g/mol. The Hall–Kier alpha value is -1.86. The average molecular weight is 469 g/mol. The van der Waals surface area contributed by atoms with Crippen molar-refractivity contribution < 1.29 is 29.6 Å². The highest BCUT2D eigenvalue weighted by molar-refractivity contribution is 5.98. The Balaban J connectivity index is 1.39. The summed E-state index contributed by atoms with van der Waals surface area (Å²) in [5.41, 5.74) is -0.987. The smallest absolute Gasteiger partial charge is 0.164 e.